The molecule has 0 heterocycles. The third-order valence-corrected chi connectivity index (χ3v) is 5.17. The molecule has 2 rings (SSSR count). The van der Waals surface area contributed by atoms with Gasteiger partial charge in [-0.05, 0) is 47.0 Å². The Morgan fingerprint density at radius 2 is 1.94 bits per heavy atom. The number of benzene rings is 1. The van der Waals surface area contributed by atoms with E-state index in [0.717, 1.165) is 12.8 Å². The zero-order valence-corrected chi connectivity index (χ0v) is 13.1. The highest BCUT2D eigenvalue weighted by molar-refractivity contribution is 9.11. The first-order valence-electron chi connectivity index (χ1n) is 5.17. The summed E-state index contributed by atoms with van der Waals surface area (Å²) in [7, 11) is -3.77. The van der Waals surface area contributed by atoms with E-state index < -0.39 is 10.0 Å². The SMILES string of the molecule is O=C(NNS(=O)(=O)c1cc(Br)ccc1Br)C1CC1. The van der Waals surface area contributed by atoms with Crippen molar-refractivity contribution >= 4 is 47.8 Å². The summed E-state index contributed by atoms with van der Waals surface area (Å²) in [6.45, 7) is 0. The van der Waals surface area contributed by atoms with E-state index in [-0.39, 0.29) is 16.7 Å². The molecular weight excluding hydrogens is 388 g/mol. The topological polar surface area (TPSA) is 75.3 Å². The van der Waals surface area contributed by atoms with Crippen LogP contribution in [0.5, 0.6) is 0 Å². The summed E-state index contributed by atoms with van der Waals surface area (Å²) < 4.78 is 25.0. The zero-order valence-electron chi connectivity index (χ0n) is 9.11. The maximum absolute atomic E-state index is 12.0. The van der Waals surface area contributed by atoms with Crippen LogP contribution in [0.3, 0.4) is 0 Å². The number of hydrogen-bond acceptors (Lipinski definition) is 3. The number of hydrazine groups is 1. The second-order valence-corrected chi connectivity index (χ2v) is 7.36. The largest absolute Gasteiger partial charge is 0.277 e. The van der Waals surface area contributed by atoms with Crippen LogP contribution in [-0.2, 0) is 14.8 Å². The Morgan fingerprint density at radius 3 is 2.56 bits per heavy atom. The molecule has 1 aliphatic rings. The highest BCUT2D eigenvalue weighted by atomic mass is 79.9. The van der Waals surface area contributed by atoms with Gasteiger partial charge in [0.25, 0.3) is 10.0 Å². The van der Waals surface area contributed by atoms with Gasteiger partial charge in [0.15, 0.2) is 0 Å². The van der Waals surface area contributed by atoms with E-state index >= 15 is 0 Å². The van der Waals surface area contributed by atoms with Gasteiger partial charge < -0.3 is 0 Å². The monoisotopic (exact) mass is 396 g/mol. The zero-order chi connectivity index (χ0) is 13.3. The second-order valence-electron chi connectivity index (χ2n) is 3.94. The van der Waals surface area contributed by atoms with Gasteiger partial charge >= 0.3 is 0 Å². The lowest BCUT2D eigenvalue weighted by atomic mass is 10.4. The molecule has 0 atom stereocenters. The minimum atomic E-state index is -3.77. The minimum Gasteiger partial charge on any atom is -0.277 e. The van der Waals surface area contributed by atoms with Crippen molar-refractivity contribution in [2.75, 3.05) is 0 Å². The van der Waals surface area contributed by atoms with E-state index in [0.29, 0.717) is 8.95 Å². The predicted octanol–water partition coefficient (Wildman–Crippen LogP) is 1.93. The molecule has 1 saturated carbocycles. The number of rotatable bonds is 4. The van der Waals surface area contributed by atoms with Crippen LogP contribution in [0.1, 0.15) is 12.8 Å². The summed E-state index contributed by atoms with van der Waals surface area (Å²) in [6.07, 6.45) is 1.63. The molecule has 0 unspecified atom stereocenters. The van der Waals surface area contributed by atoms with Crippen LogP contribution >= 0.6 is 31.9 Å². The number of sulfonamides is 1. The molecule has 1 aromatic carbocycles. The van der Waals surface area contributed by atoms with Crippen LogP contribution < -0.4 is 10.3 Å². The smallest absolute Gasteiger partial charge is 0.258 e. The van der Waals surface area contributed by atoms with E-state index in [4.69, 9.17) is 0 Å². The van der Waals surface area contributed by atoms with Crippen LogP contribution in [0, 0.1) is 5.92 Å². The van der Waals surface area contributed by atoms with Gasteiger partial charge in [-0.15, -0.1) is 4.83 Å². The highest BCUT2D eigenvalue weighted by Crippen LogP contribution is 2.29. The molecule has 18 heavy (non-hydrogen) atoms. The molecule has 2 N–H and O–H groups in total. The van der Waals surface area contributed by atoms with Crippen molar-refractivity contribution < 1.29 is 13.2 Å². The third-order valence-electron chi connectivity index (χ3n) is 2.44. The first-order chi connectivity index (χ1) is 8.40. The van der Waals surface area contributed by atoms with Crippen molar-refractivity contribution in [2.24, 2.45) is 5.92 Å². The molecule has 1 aliphatic carbocycles. The van der Waals surface area contributed by atoms with E-state index in [2.05, 4.69) is 42.1 Å². The van der Waals surface area contributed by atoms with Gasteiger partial charge in [0.05, 0.1) is 4.90 Å². The average molecular weight is 398 g/mol. The van der Waals surface area contributed by atoms with Crippen LogP contribution in [0.4, 0.5) is 0 Å². The molecule has 1 aromatic rings. The molecule has 1 fully saturated rings. The number of halogens is 2. The first-order valence-corrected chi connectivity index (χ1v) is 8.24. The van der Waals surface area contributed by atoms with Crippen molar-refractivity contribution in [3.05, 3.63) is 27.1 Å². The lowest BCUT2D eigenvalue weighted by Crippen LogP contribution is -2.42. The molecule has 8 heteroatoms. The molecule has 0 radical (unpaired) electrons. The highest BCUT2D eigenvalue weighted by Gasteiger charge is 2.30. The lowest BCUT2D eigenvalue weighted by molar-refractivity contribution is -0.122. The van der Waals surface area contributed by atoms with Crippen LogP contribution in [0.15, 0.2) is 32.0 Å². The number of hydrogen-bond donors (Lipinski definition) is 2. The number of nitrogens with one attached hydrogen (secondary N) is 2. The molecule has 0 aromatic heterocycles. The number of carbonyl (C=O) groups is 1. The van der Waals surface area contributed by atoms with Crippen molar-refractivity contribution in [2.45, 2.75) is 17.7 Å². The van der Waals surface area contributed by atoms with Gasteiger partial charge in [-0.2, -0.15) is 0 Å². The fraction of sp³-hybridized carbons (Fsp3) is 0.300. The number of amides is 1. The van der Waals surface area contributed by atoms with Crippen molar-refractivity contribution in [3.8, 4) is 0 Å². The van der Waals surface area contributed by atoms with Gasteiger partial charge in [0.1, 0.15) is 0 Å². The fourth-order valence-corrected chi connectivity index (χ4v) is 3.65. The molecule has 0 spiro atoms. The van der Waals surface area contributed by atoms with E-state index in [1.54, 1.807) is 12.1 Å². The summed E-state index contributed by atoms with van der Waals surface area (Å²) in [5, 5.41) is 0. The first kappa shape index (κ1) is 14.0. The Labute approximate surface area is 122 Å². The Hall–Kier alpha value is -0.440. The number of carbonyl (C=O) groups excluding carboxylic acids is 1. The van der Waals surface area contributed by atoms with Gasteiger partial charge in [-0.1, -0.05) is 15.9 Å². The molecule has 98 valence electrons. The van der Waals surface area contributed by atoms with E-state index in [1.165, 1.54) is 6.07 Å². The lowest BCUT2D eigenvalue weighted by Gasteiger charge is -2.09. The summed E-state index contributed by atoms with van der Waals surface area (Å²) in [5.74, 6) is -0.344. The summed E-state index contributed by atoms with van der Waals surface area (Å²) in [6, 6.07) is 4.78. The Morgan fingerprint density at radius 1 is 1.28 bits per heavy atom. The molecule has 0 aliphatic heterocycles. The van der Waals surface area contributed by atoms with Crippen molar-refractivity contribution in [1.82, 2.24) is 10.3 Å². The Balaban J connectivity index is 2.14. The maximum Gasteiger partial charge on any atom is 0.258 e. The van der Waals surface area contributed by atoms with Crippen LogP contribution in [0.2, 0.25) is 0 Å². The quantitative estimate of drug-likeness (QED) is 0.762. The van der Waals surface area contributed by atoms with Crippen LogP contribution in [0.25, 0.3) is 0 Å². The summed E-state index contributed by atoms with van der Waals surface area (Å²) >= 11 is 6.36. The molecule has 0 bridgehead atoms. The van der Waals surface area contributed by atoms with Crippen molar-refractivity contribution in [1.29, 1.82) is 0 Å². The normalized spacial score (nSPS) is 15.4. The molecule has 5 nitrogen and oxygen atoms in total. The van der Waals surface area contributed by atoms with Gasteiger partial charge in [-0.25, -0.2) is 8.42 Å². The Bertz CT molecular complexity index is 585. The molecular formula is C10H10Br2N2O3S. The Kier molecular flexibility index (Phi) is 4.10. The summed E-state index contributed by atoms with van der Waals surface area (Å²) in [5.41, 5.74) is 2.22. The predicted molar refractivity (Wildman–Crippen MR) is 73.0 cm³/mol. The second kappa shape index (κ2) is 5.28. The summed E-state index contributed by atoms with van der Waals surface area (Å²) in [4.78, 5) is 13.5. The van der Waals surface area contributed by atoms with Gasteiger partial charge in [0.2, 0.25) is 5.91 Å². The standard InChI is InChI=1S/C10H10Br2N2O3S/c11-7-3-4-8(12)9(5-7)18(16,17)14-13-10(15)6-1-2-6/h3-6,14H,1-2H2,(H,13,15). The maximum atomic E-state index is 12.0. The minimum absolute atomic E-state index is 0.0568. The third kappa shape index (κ3) is 3.31. The van der Waals surface area contributed by atoms with Crippen molar-refractivity contribution in [3.63, 3.8) is 0 Å². The van der Waals surface area contributed by atoms with Gasteiger partial charge in [-0.3, -0.25) is 10.2 Å². The van der Waals surface area contributed by atoms with E-state index in [9.17, 15) is 13.2 Å². The van der Waals surface area contributed by atoms with E-state index in [1.807, 2.05) is 0 Å². The average Bonchev–Trinajstić information content (AvgIpc) is 3.13. The van der Waals surface area contributed by atoms with Crippen LogP contribution in [-0.4, -0.2) is 14.3 Å². The van der Waals surface area contributed by atoms with Gasteiger partial charge in [0, 0.05) is 14.9 Å². The fourth-order valence-electron chi connectivity index (χ4n) is 1.30. The molecule has 0 saturated heterocycles. The molecule has 1 amide bonds.